The molecule has 5 nitrogen and oxygen atoms in total. The molecule has 1 N–H and O–H groups in total. The van der Waals surface area contributed by atoms with Crippen molar-refractivity contribution in [1.82, 2.24) is 0 Å². The molecule has 0 amide bonds. The summed E-state index contributed by atoms with van der Waals surface area (Å²) in [7, 11) is 1.51. The zero-order chi connectivity index (χ0) is 13.0. The summed E-state index contributed by atoms with van der Waals surface area (Å²) in [5, 5.41) is 9.68. The van der Waals surface area contributed by atoms with Crippen molar-refractivity contribution in [3.8, 4) is 0 Å². The largest absolute Gasteiger partial charge is 0.459 e. The molecule has 2 rings (SSSR count). The van der Waals surface area contributed by atoms with E-state index in [-0.39, 0.29) is 6.61 Å². The van der Waals surface area contributed by atoms with Gasteiger partial charge in [-0.15, -0.1) is 0 Å². The third-order valence-corrected chi connectivity index (χ3v) is 2.84. The molecule has 1 aromatic carbocycles. The van der Waals surface area contributed by atoms with Crippen molar-refractivity contribution in [2.24, 2.45) is 0 Å². The molecule has 0 spiro atoms. The number of aliphatic hydroxyl groups excluding tert-OH is 1. The highest BCUT2D eigenvalue weighted by molar-refractivity contribution is 5.89. The second-order valence-electron chi connectivity index (χ2n) is 4.11. The quantitative estimate of drug-likeness (QED) is 0.809. The molecule has 18 heavy (non-hydrogen) atoms. The molecule has 98 valence electrons. The van der Waals surface area contributed by atoms with Crippen molar-refractivity contribution in [3.05, 3.63) is 35.9 Å². The van der Waals surface area contributed by atoms with Gasteiger partial charge >= 0.3 is 5.97 Å². The van der Waals surface area contributed by atoms with Gasteiger partial charge in [-0.05, 0) is 12.1 Å². The number of rotatable bonds is 4. The molecule has 1 aromatic rings. The molecule has 0 aromatic heterocycles. The van der Waals surface area contributed by atoms with Gasteiger partial charge in [0.1, 0.15) is 12.7 Å². The minimum atomic E-state index is -0.668. The van der Waals surface area contributed by atoms with E-state index in [1.807, 2.05) is 6.07 Å². The van der Waals surface area contributed by atoms with E-state index >= 15 is 0 Å². The summed E-state index contributed by atoms with van der Waals surface area (Å²) in [6.45, 7) is 0.0226. The average molecular weight is 252 g/mol. The lowest BCUT2D eigenvalue weighted by Gasteiger charge is -2.14. The van der Waals surface area contributed by atoms with Crippen molar-refractivity contribution in [2.45, 2.75) is 24.9 Å². The Balaban J connectivity index is 1.83. The summed E-state index contributed by atoms with van der Waals surface area (Å²) in [6.07, 6.45) is -1.23. The Morgan fingerprint density at radius 3 is 2.78 bits per heavy atom. The first-order valence-electron chi connectivity index (χ1n) is 5.79. The standard InChI is InChI=1S/C13H16O5/c1-16-12-7-10(14)11(18-12)8-17-13(15)9-5-3-2-4-6-9/h2-6,10-12,14H,7-8H2,1H3/t10-,11+,12-/m1/s1. The molecule has 1 aliphatic heterocycles. The average Bonchev–Trinajstić information content (AvgIpc) is 2.77. The van der Waals surface area contributed by atoms with Crippen LogP contribution in [0.4, 0.5) is 0 Å². The molecule has 5 heteroatoms. The highest BCUT2D eigenvalue weighted by Crippen LogP contribution is 2.21. The first-order valence-corrected chi connectivity index (χ1v) is 5.79. The number of benzene rings is 1. The van der Waals surface area contributed by atoms with Gasteiger partial charge in [-0.2, -0.15) is 0 Å². The Labute approximate surface area is 105 Å². The number of methoxy groups -OCH3 is 1. The lowest BCUT2D eigenvalue weighted by Crippen LogP contribution is -2.28. The fourth-order valence-corrected chi connectivity index (χ4v) is 1.81. The molecule has 1 aliphatic rings. The molecule has 1 fully saturated rings. The van der Waals surface area contributed by atoms with E-state index in [4.69, 9.17) is 14.2 Å². The SMILES string of the molecule is CO[C@H]1C[C@@H](O)[C@H](COC(=O)c2ccccc2)O1. The van der Waals surface area contributed by atoms with Crippen molar-refractivity contribution >= 4 is 5.97 Å². The van der Waals surface area contributed by atoms with Gasteiger partial charge in [0.15, 0.2) is 6.29 Å². The topological polar surface area (TPSA) is 65.0 Å². The minimum Gasteiger partial charge on any atom is -0.459 e. The number of hydrogen-bond acceptors (Lipinski definition) is 5. The van der Waals surface area contributed by atoms with Gasteiger partial charge in [-0.1, -0.05) is 18.2 Å². The van der Waals surface area contributed by atoms with E-state index in [1.165, 1.54) is 7.11 Å². The van der Waals surface area contributed by atoms with Crippen molar-refractivity contribution in [3.63, 3.8) is 0 Å². The molecular formula is C13H16O5. The predicted molar refractivity (Wildman–Crippen MR) is 63.0 cm³/mol. The maximum atomic E-state index is 11.7. The summed E-state index contributed by atoms with van der Waals surface area (Å²) < 4.78 is 15.4. The van der Waals surface area contributed by atoms with E-state index in [2.05, 4.69) is 0 Å². The van der Waals surface area contributed by atoms with Crippen LogP contribution < -0.4 is 0 Å². The zero-order valence-electron chi connectivity index (χ0n) is 10.1. The molecule has 0 unspecified atom stereocenters. The van der Waals surface area contributed by atoms with Gasteiger partial charge in [-0.3, -0.25) is 0 Å². The van der Waals surface area contributed by atoms with Crippen molar-refractivity contribution in [2.75, 3.05) is 13.7 Å². The summed E-state index contributed by atoms with van der Waals surface area (Å²) in [5.41, 5.74) is 0.480. The van der Waals surface area contributed by atoms with E-state index in [0.29, 0.717) is 12.0 Å². The zero-order valence-corrected chi connectivity index (χ0v) is 10.1. The molecule has 0 radical (unpaired) electrons. The van der Waals surface area contributed by atoms with Crippen LogP contribution in [0.15, 0.2) is 30.3 Å². The first kappa shape index (κ1) is 13.0. The van der Waals surface area contributed by atoms with Gasteiger partial charge in [0, 0.05) is 13.5 Å². The number of aliphatic hydroxyl groups is 1. The van der Waals surface area contributed by atoms with Crippen LogP contribution in [0.2, 0.25) is 0 Å². The Kier molecular flexibility index (Phi) is 4.30. The number of carbonyl (C=O) groups excluding carboxylic acids is 1. The van der Waals surface area contributed by atoms with Crippen LogP contribution in [-0.2, 0) is 14.2 Å². The van der Waals surface area contributed by atoms with Crippen LogP contribution in [-0.4, -0.2) is 43.3 Å². The van der Waals surface area contributed by atoms with Crippen molar-refractivity contribution < 1.29 is 24.1 Å². The van der Waals surface area contributed by atoms with Crippen LogP contribution >= 0.6 is 0 Å². The Bertz CT molecular complexity index is 392. The van der Waals surface area contributed by atoms with Gasteiger partial charge in [0.2, 0.25) is 0 Å². The number of ether oxygens (including phenoxy) is 3. The molecule has 1 saturated heterocycles. The smallest absolute Gasteiger partial charge is 0.338 e. The van der Waals surface area contributed by atoms with E-state index < -0.39 is 24.5 Å². The van der Waals surface area contributed by atoms with Crippen molar-refractivity contribution in [1.29, 1.82) is 0 Å². The van der Waals surface area contributed by atoms with Crippen LogP contribution in [0.25, 0.3) is 0 Å². The second-order valence-corrected chi connectivity index (χ2v) is 4.11. The number of carbonyl (C=O) groups is 1. The molecule has 1 heterocycles. The van der Waals surface area contributed by atoms with Gasteiger partial charge in [-0.25, -0.2) is 4.79 Å². The predicted octanol–water partition coefficient (Wildman–Crippen LogP) is 0.966. The Hall–Kier alpha value is -1.43. The molecule has 0 saturated carbocycles. The minimum absolute atomic E-state index is 0.0226. The lowest BCUT2D eigenvalue weighted by atomic mass is 10.2. The maximum Gasteiger partial charge on any atom is 0.338 e. The summed E-state index contributed by atoms with van der Waals surface area (Å²) in [5.74, 6) is -0.424. The number of hydrogen-bond donors (Lipinski definition) is 1. The summed E-state index contributed by atoms with van der Waals surface area (Å²) in [4.78, 5) is 11.7. The van der Waals surface area contributed by atoms with Crippen LogP contribution in [0.3, 0.4) is 0 Å². The first-order chi connectivity index (χ1) is 8.70. The maximum absolute atomic E-state index is 11.7. The third kappa shape index (κ3) is 3.07. The highest BCUT2D eigenvalue weighted by Gasteiger charge is 2.34. The summed E-state index contributed by atoms with van der Waals surface area (Å²) >= 11 is 0. The third-order valence-electron chi connectivity index (χ3n) is 2.84. The van der Waals surface area contributed by atoms with Crippen LogP contribution in [0, 0.1) is 0 Å². The lowest BCUT2D eigenvalue weighted by molar-refractivity contribution is -0.128. The van der Waals surface area contributed by atoms with Gasteiger partial charge in [0.25, 0.3) is 0 Å². The van der Waals surface area contributed by atoms with Crippen LogP contribution in [0.5, 0.6) is 0 Å². The second kappa shape index (κ2) is 5.95. The summed E-state index contributed by atoms with van der Waals surface area (Å²) in [6, 6.07) is 8.69. The van der Waals surface area contributed by atoms with E-state index in [0.717, 1.165) is 0 Å². The fourth-order valence-electron chi connectivity index (χ4n) is 1.81. The van der Waals surface area contributed by atoms with E-state index in [1.54, 1.807) is 24.3 Å². The molecule has 0 bridgehead atoms. The van der Waals surface area contributed by atoms with Crippen LogP contribution in [0.1, 0.15) is 16.8 Å². The monoisotopic (exact) mass is 252 g/mol. The molecule has 0 aliphatic carbocycles. The van der Waals surface area contributed by atoms with Gasteiger partial charge in [0.05, 0.1) is 11.7 Å². The Morgan fingerprint density at radius 1 is 1.44 bits per heavy atom. The molecular weight excluding hydrogens is 236 g/mol. The fraction of sp³-hybridized carbons (Fsp3) is 0.462. The Morgan fingerprint density at radius 2 is 2.17 bits per heavy atom. The molecule has 3 atom stereocenters. The van der Waals surface area contributed by atoms with Gasteiger partial charge < -0.3 is 19.3 Å². The highest BCUT2D eigenvalue weighted by atomic mass is 16.7. The normalized spacial score (nSPS) is 27.1. The number of esters is 1. The van der Waals surface area contributed by atoms with E-state index in [9.17, 15) is 9.90 Å².